The van der Waals surface area contributed by atoms with Crippen LogP contribution in [0, 0.1) is 0 Å². The van der Waals surface area contributed by atoms with Crippen LogP contribution in [0.15, 0.2) is 24.3 Å². The van der Waals surface area contributed by atoms with Gasteiger partial charge in [-0.25, -0.2) is 4.79 Å². The lowest BCUT2D eigenvalue weighted by Gasteiger charge is -2.31. The summed E-state index contributed by atoms with van der Waals surface area (Å²) in [6.07, 6.45) is -1.06. The molecule has 8 heteroatoms. The van der Waals surface area contributed by atoms with Gasteiger partial charge in [-0.2, -0.15) is 13.2 Å². The first-order chi connectivity index (χ1) is 11.7. The number of rotatable bonds is 6. The summed E-state index contributed by atoms with van der Waals surface area (Å²) < 4.78 is 38.1. The normalized spacial score (nSPS) is 16.4. The highest BCUT2D eigenvalue weighted by Crippen LogP contribution is 2.39. The molecule has 0 saturated heterocycles. The number of urea groups is 1. The van der Waals surface area contributed by atoms with Crippen molar-refractivity contribution in [3.8, 4) is 0 Å². The molecule has 138 valence electrons. The van der Waals surface area contributed by atoms with Crippen molar-refractivity contribution in [1.29, 1.82) is 0 Å². The average Bonchev–Trinajstić information content (AvgIpc) is 3.00. The van der Waals surface area contributed by atoms with Crippen molar-refractivity contribution in [3.63, 3.8) is 0 Å². The van der Waals surface area contributed by atoms with Crippen LogP contribution in [0.25, 0.3) is 0 Å². The second-order valence-corrected chi connectivity index (χ2v) is 6.24. The number of aliphatic carboxylic acids is 1. The first-order valence-electron chi connectivity index (χ1n) is 8.18. The third-order valence-corrected chi connectivity index (χ3v) is 4.43. The summed E-state index contributed by atoms with van der Waals surface area (Å²) in [5.74, 6) is -0.931. The van der Waals surface area contributed by atoms with E-state index in [0.29, 0.717) is 24.8 Å². The van der Waals surface area contributed by atoms with Crippen LogP contribution in [0.3, 0.4) is 0 Å². The Morgan fingerprint density at radius 1 is 1.12 bits per heavy atom. The SMILES string of the molecule is O=C(O)CCCNC(=O)NC1(c2ccc(C(F)(F)F)cc2)CCCC1. The van der Waals surface area contributed by atoms with Gasteiger partial charge in [-0.1, -0.05) is 25.0 Å². The maximum atomic E-state index is 12.7. The third kappa shape index (κ3) is 5.11. The third-order valence-electron chi connectivity index (χ3n) is 4.43. The molecule has 3 N–H and O–H groups in total. The number of halogens is 3. The van der Waals surface area contributed by atoms with E-state index >= 15 is 0 Å². The summed E-state index contributed by atoms with van der Waals surface area (Å²) in [4.78, 5) is 22.5. The predicted molar refractivity (Wildman–Crippen MR) is 85.0 cm³/mol. The van der Waals surface area contributed by atoms with Crippen LogP contribution in [0.5, 0.6) is 0 Å². The van der Waals surface area contributed by atoms with E-state index in [9.17, 15) is 22.8 Å². The molecule has 0 bridgehead atoms. The van der Waals surface area contributed by atoms with E-state index in [1.807, 2.05) is 0 Å². The fourth-order valence-electron chi connectivity index (χ4n) is 3.15. The lowest BCUT2D eigenvalue weighted by molar-refractivity contribution is -0.138. The Bertz CT molecular complexity index is 609. The van der Waals surface area contributed by atoms with E-state index in [0.717, 1.165) is 25.0 Å². The molecule has 1 saturated carbocycles. The molecule has 1 aromatic carbocycles. The van der Waals surface area contributed by atoms with E-state index in [4.69, 9.17) is 5.11 Å². The maximum Gasteiger partial charge on any atom is 0.416 e. The highest BCUT2D eigenvalue weighted by Gasteiger charge is 2.38. The second-order valence-electron chi connectivity index (χ2n) is 6.24. The molecular formula is C17H21F3N2O3. The van der Waals surface area contributed by atoms with Crippen LogP contribution in [0.1, 0.15) is 49.7 Å². The largest absolute Gasteiger partial charge is 0.481 e. The Morgan fingerprint density at radius 3 is 2.24 bits per heavy atom. The molecule has 0 atom stereocenters. The zero-order valence-corrected chi connectivity index (χ0v) is 13.7. The van der Waals surface area contributed by atoms with Crippen molar-refractivity contribution in [2.45, 2.75) is 50.2 Å². The standard InChI is InChI=1S/C17H21F3N2O3/c18-17(19,20)13-7-5-12(6-8-13)16(9-1-2-10-16)22-15(25)21-11-3-4-14(23)24/h5-8H,1-4,9-11H2,(H,23,24)(H2,21,22,25). The molecule has 0 heterocycles. The second kappa shape index (κ2) is 7.76. The van der Waals surface area contributed by atoms with Crippen molar-refractivity contribution >= 4 is 12.0 Å². The minimum Gasteiger partial charge on any atom is -0.481 e. The molecule has 2 amide bonds. The Balaban J connectivity index is 2.03. The van der Waals surface area contributed by atoms with E-state index in [1.54, 1.807) is 0 Å². The van der Waals surface area contributed by atoms with E-state index in [1.165, 1.54) is 12.1 Å². The fraction of sp³-hybridized carbons (Fsp3) is 0.529. The summed E-state index contributed by atoms with van der Waals surface area (Å²) in [5.41, 5.74) is -0.748. The van der Waals surface area contributed by atoms with Crippen LogP contribution in [-0.2, 0) is 16.5 Å². The quantitative estimate of drug-likeness (QED) is 0.680. The van der Waals surface area contributed by atoms with Crippen LogP contribution < -0.4 is 10.6 Å². The summed E-state index contributed by atoms with van der Waals surface area (Å²) in [5, 5.41) is 14.0. The maximum absolute atomic E-state index is 12.7. The number of amides is 2. The molecule has 25 heavy (non-hydrogen) atoms. The van der Waals surface area contributed by atoms with Crippen molar-refractivity contribution < 1.29 is 27.9 Å². The fourth-order valence-corrected chi connectivity index (χ4v) is 3.15. The number of carboxylic acid groups (broad SMARTS) is 1. The molecule has 2 rings (SSSR count). The van der Waals surface area contributed by atoms with Gasteiger partial charge in [0.15, 0.2) is 0 Å². The van der Waals surface area contributed by atoms with Gasteiger partial charge in [0.25, 0.3) is 0 Å². The molecule has 0 spiro atoms. The van der Waals surface area contributed by atoms with Gasteiger partial charge in [-0.15, -0.1) is 0 Å². The smallest absolute Gasteiger partial charge is 0.416 e. The predicted octanol–water partition coefficient (Wildman–Crippen LogP) is 3.64. The van der Waals surface area contributed by atoms with Crippen LogP contribution >= 0.6 is 0 Å². The van der Waals surface area contributed by atoms with Crippen LogP contribution in [-0.4, -0.2) is 23.7 Å². The Morgan fingerprint density at radius 2 is 1.72 bits per heavy atom. The van der Waals surface area contributed by atoms with Gasteiger partial charge >= 0.3 is 18.2 Å². The van der Waals surface area contributed by atoms with Gasteiger partial charge in [-0.05, 0) is 37.0 Å². The zero-order valence-electron chi connectivity index (χ0n) is 13.7. The first-order valence-corrected chi connectivity index (χ1v) is 8.18. The molecule has 0 unspecified atom stereocenters. The number of carboxylic acids is 1. The summed E-state index contributed by atoms with van der Waals surface area (Å²) in [6, 6.07) is 4.45. The Kier molecular flexibility index (Phi) is 5.92. The van der Waals surface area contributed by atoms with E-state index in [-0.39, 0.29) is 13.0 Å². The topological polar surface area (TPSA) is 78.4 Å². The number of benzene rings is 1. The molecule has 1 aliphatic carbocycles. The average molecular weight is 358 g/mol. The number of hydrogen-bond acceptors (Lipinski definition) is 2. The van der Waals surface area contributed by atoms with Gasteiger partial charge in [0.1, 0.15) is 0 Å². The monoisotopic (exact) mass is 358 g/mol. The molecule has 0 radical (unpaired) electrons. The van der Waals surface area contributed by atoms with Crippen LogP contribution in [0.4, 0.5) is 18.0 Å². The number of carbonyl (C=O) groups is 2. The molecular weight excluding hydrogens is 337 g/mol. The molecule has 0 aliphatic heterocycles. The Labute approximate surface area is 143 Å². The first kappa shape index (κ1) is 19.1. The molecule has 1 aromatic rings. The molecule has 1 aliphatic rings. The van der Waals surface area contributed by atoms with Gasteiger partial charge in [0.05, 0.1) is 11.1 Å². The molecule has 0 aromatic heterocycles. The van der Waals surface area contributed by atoms with E-state index < -0.39 is 29.3 Å². The number of carbonyl (C=O) groups excluding carboxylic acids is 1. The van der Waals surface area contributed by atoms with Gasteiger partial charge < -0.3 is 15.7 Å². The summed E-state index contributed by atoms with van der Waals surface area (Å²) in [6.45, 7) is 0.223. The number of alkyl halides is 3. The lowest BCUT2D eigenvalue weighted by atomic mass is 9.87. The number of nitrogens with one attached hydrogen (secondary N) is 2. The zero-order chi connectivity index (χ0) is 18.5. The van der Waals surface area contributed by atoms with Gasteiger partial charge in [0.2, 0.25) is 0 Å². The Hall–Kier alpha value is -2.25. The minimum absolute atomic E-state index is 0.0374. The van der Waals surface area contributed by atoms with Gasteiger partial charge in [0, 0.05) is 13.0 Å². The van der Waals surface area contributed by atoms with E-state index in [2.05, 4.69) is 10.6 Å². The summed E-state index contributed by atoms with van der Waals surface area (Å²) >= 11 is 0. The molecule has 1 fully saturated rings. The summed E-state index contributed by atoms with van der Waals surface area (Å²) in [7, 11) is 0. The number of hydrogen-bond donors (Lipinski definition) is 3. The van der Waals surface area contributed by atoms with Crippen molar-refractivity contribution in [3.05, 3.63) is 35.4 Å². The van der Waals surface area contributed by atoms with Crippen LogP contribution in [0.2, 0.25) is 0 Å². The minimum atomic E-state index is -4.39. The van der Waals surface area contributed by atoms with Gasteiger partial charge in [-0.3, -0.25) is 4.79 Å². The van der Waals surface area contributed by atoms with Crippen molar-refractivity contribution in [1.82, 2.24) is 10.6 Å². The van der Waals surface area contributed by atoms with Crippen molar-refractivity contribution in [2.24, 2.45) is 0 Å². The highest BCUT2D eigenvalue weighted by molar-refractivity contribution is 5.75. The molecule has 5 nitrogen and oxygen atoms in total. The lowest BCUT2D eigenvalue weighted by Crippen LogP contribution is -2.48. The highest BCUT2D eigenvalue weighted by atomic mass is 19.4. The van der Waals surface area contributed by atoms with Crippen molar-refractivity contribution in [2.75, 3.05) is 6.54 Å².